The van der Waals surface area contributed by atoms with Gasteiger partial charge in [0.1, 0.15) is 0 Å². The number of unbranched alkanes of at least 4 members (excludes halogenated alkanes) is 2. The molecule has 1 saturated heterocycles. The molecule has 0 bridgehead atoms. The molecule has 5 nitrogen and oxygen atoms in total. The van der Waals surface area contributed by atoms with Gasteiger partial charge in [-0.3, -0.25) is 4.79 Å². The van der Waals surface area contributed by atoms with Crippen molar-refractivity contribution >= 4 is 12.0 Å². The molecule has 0 saturated carbocycles. The Hall–Kier alpha value is -1.26. The lowest BCUT2D eigenvalue weighted by atomic mass is 9.99. The van der Waals surface area contributed by atoms with Gasteiger partial charge in [-0.1, -0.05) is 26.2 Å². The maximum Gasteiger partial charge on any atom is 0.317 e. The van der Waals surface area contributed by atoms with Crippen LogP contribution in [0.25, 0.3) is 0 Å². The molecule has 19 heavy (non-hydrogen) atoms. The van der Waals surface area contributed by atoms with Gasteiger partial charge in [0, 0.05) is 19.1 Å². The summed E-state index contributed by atoms with van der Waals surface area (Å²) in [6, 6.07) is 0.0409. The molecule has 0 aliphatic carbocycles. The Morgan fingerprint density at radius 3 is 2.79 bits per heavy atom. The van der Waals surface area contributed by atoms with Crippen molar-refractivity contribution in [1.29, 1.82) is 0 Å². The predicted octanol–water partition coefficient (Wildman–Crippen LogP) is 2.46. The van der Waals surface area contributed by atoms with Gasteiger partial charge in [-0.05, 0) is 26.2 Å². The Morgan fingerprint density at radius 2 is 2.16 bits per heavy atom. The first-order chi connectivity index (χ1) is 9.04. The Balaban J connectivity index is 2.33. The van der Waals surface area contributed by atoms with E-state index in [1.54, 1.807) is 4.90 Å². The van der Waals surface area contributed by atoms with E-state index in [9.17, 15) is 9.59 Å². The number of hydrogen-bond acceptors (Lipinski definition) is 2. The molecule has 1 heterocycles. The Labute approximate surface area is 115 Å². The SMILES string of the molecule is CCCCCC(C)NC(=O)N1CCC[C@H](C(=O)O)C1. The summed E-state index contributed by atoms with van der Waals surface area (Å²) in [5.74, 6) is -1.21. The summed E-state index contributed by atoms with van der Waals surface area (Å²) in [6.07, 6.45) is 5.91. The average Bonchev–Trinajstić information content (AvgIpc) is 2.39. The van der Waals surface area contributed by atoms with Crippen LogP contribution in [0.15, 0.2) is 0 Å². The summed E-state index contributed by atoms with van der Waals surface area (Å²) in [5.41, 5.74) is 0. The third-order valence-electron chi connectivity index (χ3n) is 3.67. The molecule has 1 aliphatic rings. The van der Waals surface area contributed by atoms with Crippen LogP contribution in [0.2, 0.25) is 0 Å². The van der Waals surface area contributed by atoms with E-state index in [-0.39, 0.29) is 12.1 Å². The molecule has 0 spiro atoms. The van der Waals surface area contributed by atoms with Crippen LogP contribution in [-0.4, -0.2) is 41.1 Å². The Bertz CT molecular complexity index is 307. The summed E-state index contributed by atoms with van der Waals surface area (Å²) < 4.78 is 0. The van der Waals surface area contributed by atoms with Crippen LogP contribution < -0.4 is 5.32 Å². The number of carboxylic acid groups (broad SMARTS) is 1. The molecule has 110 valence electrons. The quantitative estimate of drug-likeness (QED) is 0.728. The highest BCUT2D eigenvalue weighted by Gasteiger charge is 2.28. The first-order valence-electron chi connectivity index (χ1n) is 7.32. The second kappa shape index (κ2) is 8.02. The van der Waals surface area contributed by atoms with E-state index in [4.69, 9.17) is 5.11 Å². The molecule has 0 aromatic rings. The molecule has 1 fully saturated rings. The van der Waals surface area contributed by atoms with E-state index in [1.165, 1.54) is 12.8 Å². The van der Waals surface area contributed by atoms with Gasteiger partial charge in [0.15, 0.2) is 0 Å². The van der Waals surface area contributed by atoms with E-state index in [0.717, 1.165) is 19.3 Å². The van der Waals surface area contributed by atoms with Gasteiger partial charge < -0.3 is 15.3 Å². The van der Waals surface area contributed by atoms with Crippen molar-refractivity contribution in [2.75, 3.05) is 13.1 Å². The summed E-state index contributed by atoms with van der Waals surface area (Å²) in [6.45, 7) is 5.16. The normalized spacial score (nSPS) is 20.9. The molecule has 2 N–H and O–H groups in total. The van der Waals surface area contributed by atoms with Crippen molar-refractivity contribution < 1.29 is 14.7 Å². The van der Waals surface area contributed by atoms with Crippen LogP contribution in [-0.2, 0) is 4.79 Å². The van der Waals surface area contributed by atoms with Gasteiger partial charge in [0.05, 0.1) is 5.92 Å². The highest BCUT2D eigenvalue weighted by molar-refractivity contribution is 5.76. The van der Waals surface area contributed by atoms with Crippen LogP contribution in [0.1, 0.15) is 52.4 Å². The third-order valence-corrected chi connectivity index (χ3v) is 3.67. The molecule has 1 rings (SSSR count). The van der Waals surface area contributed by atoms with Gasteiger partial charge in [0.2, 0.25) is 0 Å². The van der Waals surface area contributed by atoms with Crippen LogP contribution >= 0.6 is 0 Å². The second-order valence-electron chi connectivity index (χ2n) is 5.47. The number of hydrogen-bond donors (Lipinski definition) is 2. The summed E-state index contributed by atoms with van der Waals surface area (Å²) >= 11 is 0. The summed E-state index contributed by atoms with van der Waals surface area (Å²) in [5, 5.41) is 12.0. The Kier molecular flexibility index (Phi) is 6.67. The number of nitrogens with one attached hydrogen (secondary N) is 1. The molecule has 0 aromatic heterocycles. The zero-order chi connectivity index (χ0) is 14.3. The minimum Gasteiger partial charge on any atom is -0.481 e. The maximum absolute atomic E-state index is 12.0. The lowest BCUT2D eigenvalue weighted by Crippen LogP contribution is -2.49. The van der Waals surface area contributed by atoms with E-state index in [1.807, 2.05) is 6.92 Å². The van der Waals surface area contributed by atoms with E-state index < -0.39 is 11.9 Å². The smallest absolute Gasteiger partial charge is 0.317 e. The number of urea groups is 1. The largest absolute Gasteiger partial charge is 0.481 e. The first kappa shape index (κ1) is 15.8. The number of rotatable bonds is 6. The number of aliphatic carboxylic acids is 1. The van der Waals surface area contributed by atoms with Crippen molar-refractivity contribution in [3.05, 3.63) is 0 Å². The van der Waals surface area contributed by atoms with Crippen molar-refractivity contribution in [2.45, 2.75) is 58.4 Å². The van der Waals surface area contributed by atoms with Gasteiger partial charge in [0.25, 0.3) is 0 Å². The van der Waals surface area contributed by atoms with Gasteiger partial charge >= 0.3 is 12.0 Å². The number of carboxylic acids is 1. The molecule has 5 heteroatoms. The lowest BCUT2D eigenvalue weighted by molar-refractivity contribution is -0.143. The van der Waals surface area contributed by atoms with Crippen LogP contribution in [0.5, 0.6) is 0 Å². The minimum absolute atomic E-state index is 0.116. The standard InChI is InChI=1S/C14H26N2O3/c1-3-4-5-7-11(2)15-14(19)16-9-6-8-12(10-16)13(17)18/h11-12H,3-10H2,1-2H3,(H,15,19)(H,17,18)/t11?,12-/m0/s1. The van der Waals surface area contributed by atoms with E-state index >= 15 is 0 Å². The zero-order valence-electron chi connectivity index (χ0n) is 12.0. The topological polar surface area (TPSA) is 69.6 Å². The lowest BCUT2D eigenvalue weighted by Gasteiger charge is -2.31. The van der Waals surface area contributed by atoms with E-state index in [0.29, 0.717) is 19.5 Å². The molecular formula is C14H26N2O3. The maximum atomic E-state index is 12.0. The van der Waals surface area contributed by atoms with E-state index in [2.05, 4.69) is 12.2 Å². The number of amides is 2. The highest BCUT2D eigenvalue weighted by Crippen LogP contribution is 2.16. The van der Waals surface area contributed by atoms with Crippen LogP contribution in [0.4, 0.5) is 4.79 Å². The molecule has 2 amide bonds. The Morgan fingerprint density at radius 1 is 1.42 bits per heavy atom. The van der Waals surface area contributed by atoms with Crippen LogP contribution in [0, 0.1) is 5.92 Å². The molecular weight excluding hydrogens is 244 g/mol. The number of nitrogens with zero attached hydrogens (tertiary/aromatic N) is 1. The fourth-order valence-electron chi connectivity index (χ4n) is 2.44. The molecule has 2 atom stereocenters. The van der Waals surface area contributed by atoms with Gasteiger partial charge in [-0.2, -0.15) is 0 Å². The van der Waals surface area contributed by atoms with Crippen molar-refractivity contribution in [3.8, 4) is 0 Å². The zero-order valence-corrected chi connectivity index (χ0v) is 12.0. The average molecular weight is 270 g/mol. The third kappa shape index (κ3) is 5.49. The number of carbonyl (C=O) groups is 2. The van der Waals surface area contributed by atoms with Crippen molar-refractivity contribution in [3.63, 3.8) is 0 Å². The fourth-order valence-corrected chi connectivity index (χ4v) is 2.44. The summed E-state index contributed by atoms with van der Waals surface area (Å²) in [7, 11) is 0. The highest BCUT2D eigenvalue weighted by atomic mass is 16.4. The molecule has 1 aliphatic heterocycles. The molecule has 1 unspecified atom stereocenters. The monoisotopic (exact) mass is 270 g/mol. The van der Waals surface area contributed by atoms with Crippen LogP contribution in [0.3, 0.4) is 0 Å². The first-order valence-corrected chi connectivity index (χ1v) is 7.32. The van der Waals surface area contributed by atoms with Crippen molar-refractivity contribution in [2.24, 2.45) is 5.92 Å². The molecule has 0 aromatic carbocycles. The number of carbonyl (C=O) groups excluding carboxylic acids is 1. The summed E-state index contributed by atoms with van der Waals surface area (Å²) in [4.78, 5) is 24.6. The van der Waals surface area contributed by atoms with Gasteiger partial charge in [-0.25, -0.2) is 4.79 Å². The second-order valence-corrected chi connectivity index (χ2v) is 5.47. The number of likely N-dealkylation sites (tertiary alicyclic amines) is 1. The van der Waals surface area contributed by atoms with Crippen molar-refractivity contribution in [1.82, 2.24) is 10.2 Å². The fraction of sp³-hybridized carbons (Fsp3) is 0.857. The van der Waals surface area contributed by atoms with Gasteiger partial charge in [-0.15, -0.1) is 0 Å². The number of piperidine rings is 1. The predicted molar refractivity (Wildman–Crippen MR) is 74.1 cm³/mol. The molecule has 0 radical (unpaired) electrons. The minimum atomic E-state index is -0.798.